The molecule has 0 aromatic carbocycles. The first-order valence-corrected chi connectivity index (χ1v) is 7.67. The standard InChI is InChI=1S/C15H23N3OS/c1-9-6-11(10(2)19-9)12(18-16)7-14-17-13(8-20-14)15(3,4)5/h6,8,12,18H,7,16H2,1-5H3. The number of aryl methyl sites for hydroxylation is 2. The first-order chi connectivity index (χ1) is 9.31. The quantitative estimate of drug-likeness (QED) is 0.670. The lowest BCUT2D eigenvalue weighted by Crippen LogP contribution is -2.29. The fraction of sp³-hybridized carbons (Fsp3) is 0.533. The van der Waals surface area contributed by atoms with E-state index in [0.29, 0.717) is 0 Å². The Bertz CT molecular complexity index is 580. The van der Waals surface area contributed by atoms with Gasteiger partial charge in [0.1, 0.15) is 11.5 Å². The molecule has 3 N–H and O–H groups in total. The zero-order valence-corrected chi connectivity index (χ0v) is 13.6. The minimum atomic E-state index is 0.0337. The van der Waals surface area contributed by atoms with E-state index in [2.05, 4.69) is 31.6 Å². The molecule has 4 nitrogen and oxygen atoms in total. The molecule has 0 aliphatic carbocycles. The van der Waals surface area contributed by atoms with Gasteiger partial charge in [-0.05, 0) is 19.9 Å². The maximum absolute atomic E-state index is 5.71. The van der Waals surface area contributed by atoms with Gasteiger partial charge in [0.2, 0.25) is 0 Å². The molecule has 20 heavy (non-hydrogen) atoms. The Hall–Kier alpha value is -1.17. The molecule has 2 rings (SSSR count). The summed E-state index contributed by atoms with van der Waals surface area (Å²) in [5.41, 5.74) is 5.20. The fourth-order valence-electron chi connectivity index (χ4n) is 2.18. The lowest BCUT2D eigenvalue weighted by Gasteiger charge is -2.15. The van der Waals surface area contributed by atoms with Gasteiger partial charge in [-0.3, -0.25) is 11.3 Å². The molecule has 1 unspecified atom stereocenters. The Morgan fingerprint density at radius 2 is 2.10 bits per heavy atom. The van der Waals surface area contributed by atoms with E-state index in [0.717, 1.165) is 34.2 Å². The number of nitrogens with zero attached hydrogens (tertiary/aromatic N) is 1. The highest BCUT2D eigenvalue weighted by Gasteiger charge is 2.21. The Morgan fingerprint density at radius 3 is 2.55 bits per heavy atom. The van der Waals surface area contributed by atoms with Gasteiger partial charge in [0.15, 0.2) is 0 Å². The first kappa shape index (κ1) is 15.2. The molecule has 2 heterocycles. The van der Waals surface area contributed by atoms with E-state index in [4.69, 9.17) is 15.2 Å². The molecule has 0 spiro atoms. The summed E-state index contributed by atoms with van der Waals surface area (Å²) >= 11 is 1.69. The SMILES string of the molecule is Cc1cc(C(Cc2nc(C(C)(C)C)cs2)NN)c(C)o1. The minimum absolute atomic E-state index is 0.0337. The Balaban J connectivity index is 2.19. The van der Waals surface area contributed by atoms with Crippen molar-refractivity contribution in [2.24, 2.45) is 5.84 Å². The number of hydrogen-bond donors (Lipinski definition) is 2. The van der Waals surface area contributed by atoms with E-state index in [1.165, 1.54) is 0 Å². The zero-order chi connectivity index (χ0) is 14.9. The van der Waals surface area contributed by atoms with Crippen LogP contribution in [0.4, 0.5) is 0 Å². The number of nitrogens with one attached hydrogen (secondary N) is 1. The zero-order valence-electron chi connectivity index (χ0n) is 12.8. The third kappa shape index (κ3) is 3.29. The highest BCUT2D eigenvalue weighted by atomic mass is 32.1. The van der Waals surface area contributed by atoms with Gasteiger partial charge in [-0.2, -0.15) is 0 Å². The van der Waals surface area contributed by atoms with Gasteiger partial charge in [-0.1, -0.05) is 20.8 Å². The van der Waals surface area contributed by atoms with Gasteiger partial charge in [-0.25, -0.2) is 4.98 Å². The smallest absolute Gasteiger partial charge is 0.105 e. The summed E-state index contributed by atoms with van der Waals surface area (Å²) in [5.74, 6) is 7.53. The molecule has 0 aliphatic heterocycles. The third-order valence-corrected chi connectivity index (χ3v) is 4.23. The van der Waals surface area contributed by atoms with Crippen LogP contribution in [0.3, 0.4) is 0 Å². The molecule has 2 aromatic rings. The molecule has 0 saturated carbocycles. The second-order valence-corrected chi connectivity index (χ2v) is 7.11. The summed E-state index contributed by atoms with van der Waals surface area (Å²) in [5, 5.41) is 3.23. The van der Waals surface area contributed by atoms with E-state index >= 15 is 0 Å². The molecule has 0 radical (unpaired) electrons. The Morgan fingerprint density at radius 1 is 1.40 bits per heavy atom. The lowest BCUT2D eigenvalue weighted by molar-refractivity contribution is 0.483. The summed E-state index contributed by atoms with van der Waals surface area (Å²) in [6.07, 6.45) is 0.775. The molecule has 0 bridgehead atoms. The van der Waals surface area contributed by atoms with Gasteiger partial charge < -0.3 is 4.42 Å². The molecule has 1 atom stereocenters. The van der Waals surface area contributed by atoms with Crippen LogP contribution in [0.25, 0.3) is 0 Å². The van der Waals surface area contributed by atoms with Crippen LogP contribution in [0.2, 0.25) is 0 Å². The van der Waals surface area contributed by atoms with Crippen molar-refractivity contribution in [1.82, 2.24) is 10.4 Å². The van der Waals surface area contributed by atoms with Gasteiger partial charge >= 0.3 is 0 Å². The summed E-state index contributed by atoms with van der Waals surface area (Å²) in [7, 11) is 0. The summed E-state index contributed by atoms with van der Waals surface area (Å²) in [4.78, 5) is 4.72. The van der Waals surface area contributed by atoms with E-state index in [1.54, 1.807) is 11.3 Å². The van der Waals surface area contributed by atoms with Crippen molar-refractivity contribution in [2.75, 3.05) is 0 Å². The van der Waals surface area contributed by atoms with Crippen molar-refractivity contribution < 1.29 is 4.42 Å². The van der Waals surface area contributed by atoms with Crippen molar-refractivity contribution in [1.29, 1.82) is 0 Å². The normalized spacial score (nSPS) is 13.7. The molecule has 5 heteroatoms. The van der Waals surface area contributed by atoms with Crippen molar-refractivity contribution in [2.45, 2.75) is 52.5 Å². The summed E-state index contributed by atoms with van der Waals surface area (Å²) in [6.45, 7) is 10.4. The molecule has 0 fully saturated rings. The van der Waals surface area contributed by atoms with E-state index in [-0.39, 0.29) is 11.5 Å². The maximum Gasteiger partial charge on any atom is 0.105 e. The first-order valence-electron chi connectivity index (χ1n) is 6.79. The molecule has 2 aromatic heterocycles. The van der Waals surface area contributed by atoms with Crippen molar-refractivity contribution >= 4 is 11.3 Å². The van der Waals surface area contributed by atoms with Crippen LogP contribution in [0.1, 0.15) is 54.6 Å². The maximum atomic E-state index is 5.71. The summed E-state index contributed by atoms with van der Waals surface area (Å²) < 4.78 is 5.58. The van der Waals surface area contributed by atoms with Crippen LogP contribution in [0.15, 0.2) is 15.9 Å². The molecule has 0 amide bonds. The predicted octanol–water partition coefficient (Wildman–Crippen LogP) is 3.40. The van der Waals surface area contributed by atoms with Crippen LogP contribution in [-0.2, 0) is 11.8 Å². The van der Waals surface area contributed by atoms with Gasteiger partial charge in [0.25, 0.3) is 0 Å². The number of aromatic nitrogens is 1. The average Bonchev–Trinajstić information content (AvgIpc) is 2.92. The number of hydrogen-bond acceptors (Lipinski definition) is 5. The van der Waals surface area contributed by atoms with Gasteiger partial charge in [0.05, 0.1) is 16.7 Å². The molecular weight excluding hydrogens is 270 g/mol. The molecule has 0 saturated heterocycles. The number of thiazole rings is 1. The van der Waals surface area contributed by atoms with Crippen LogP contribution in [0, 0.1) is 13.8 Å². The Kier molecular flexibility index (Phi) is 4.32. The number of rotatable bonds is 4. The molecule has 0 aliphatic rings. The number of nitrogens with two attached hydrogens (primary N) is 1. The van der Waals surface area contributed by atoms with Crippen LogP contribution in [0.5, 0.6) is 0 Å². The lowest BCUT2D eigenvalue weighted by atomic mass is 9.93. The predicted molar refractivity (Wildman–Crippen MR) is 82.8 cm³/mol. The van der Waals surface area contributed by atoms with Crippen molar-refractivity contribution in [3.05, 3.63) is 39.2 Å². The monoisotopic (exact) mass is 293 g/mol. The number of hydrazine groups is 1. The second-order valence-electron chi connectivity index (χ2n) is 6.17. The second kappa shape index (κ2) is 5.68. The van der Waals surface area contributed by atoms with Crippen LogP contribution in [-0.4, -0.2) is 4.98 Å². The minimum Gasteiger partial charge on any atom is -0.466 e. The van der Waals surface area contributed by atoms with Crippen molar-refractivity contribution in [3.63, 3.8) is 0 Å². The van der Waals surface area contributed by atoms with Crippen LogP contribution >= 0.6 is 11.3 Å². The van der Waals surface area contributed by atoms with E-state index in [9.17, 15) is 0 Å². The molecule has 110 valence electrons. The Labute approximate surface area is 124 Å². The van der Waals surface area contributed by atoms with Crippen molar-refractivity contribution in [3.8, 4) is 0 Å². The van der Waals surface area contributed by atoms with E-state index < -0.39 is 0 Å². The largest absolute Gasteiger partial charge is 0.466 e. The third-order valence-electron chi connectivity index (χ3n) is 3.35. The van der Waals surface area contributed by atoms with E-state index in [1.807, 2.05) is 19.9 Å². The summed E-state index contributed by atoms with van der Waals surface area (Å²) in [6, 6.07) is 2.07. The fourth-order valence-corrected chi connectivity index (χ4v) is 3.25. The van der Waals surface area contributed by atoms with Gasteiger partial charge in [-0.15, -0.1) is 11.3 Å². The molecular formula is C15H23N3OS. The number of furan rings is 1. The highest BCUT2D eigenvalue weighted by Crippen LogP contribution is 2.28. The highest BCUT2D eigenvalue weighted by molar-refractivity contribution is 7.09. The average molecular weight is 293 g/mol. The topological polar surface area (TPSA) is 64.1 Å². The van der Waals surface area contributed by atoms with Crippen LogP contribution < -0.4 is 11.3 Å². The van der Waals surface area contributed by atoms with Gasteiger partial charge in [0, 0.05) is 22.8 Å².